The van der Waals surface area contributed by atoms with Crippen molar-refractivity contribution in [1.29, 1.82) is 5.26 Å². The molecule has 3 fully saturated rings. The molecule has 8 nitrogen and oxygen atoms in total. The van der Waals surface area contributed by atoms with Crippen LogP contribution < -0.4 is 19.9 Å². The van der Waals surface area contributed by atoms with Gasteiger partial charge in [-0.1, -0.05) is 30.3 Å². The Balaban J connectivity index is 1.28. The zero-order chi connectivity index (χ0) is 27.2. The molecule has 0 spiro atoms. The Morgan fingerprint density at radius 1 is 1.12 bits per heavy atom. The Morgan fingerprint density at radius 2 is 2.00 bits per heavy atom. The zero-order valence-electron chi connectivity index (χ0n) is 23.6. The maximum Gasteiger partial charge on any atom is 0.318 e. The monoisotopic (exact) mass is 537 g/mol. The van der Waals surface area contributed by atoms with Crippen molar-refractivity contribution in [2.45, 2.75) is 57.2 Å². The summed E-state index contributed by atoms with van der Waals surface area (Å²) < 4.78 is 6.39. The maximum atomic E-state index is 9.35. The second-order valence-corrected chi connectivity index (χ2v) is 12.2. The van der Waals surface area contributed by atoms with Gasteiger partial charge in [-0.2, -0.15) is 15.2 Å². The summed E-state index contributed by atoms with van der Waals surface area (Å²) in [7, 11) is 2.18. The Kier molecular flexibility index (Phi) is 6.73. The van der Waals surface area contributed by atoms with Crippen molar-refractivity contribution in [3.05, 3.63) is 53.2 Å². The SMILES string of the molecule is Cc1cccc2cccc(N3C[C@H]4Cc5c(nc(OCC6CCCN6C)nc5N5CCNC(CC#N)C5)[C@@H]3C4)c12. The molecule has 4 heterocycles. The van der Waals surface area contributed by atoms with Crippen LogP contribution >= 0.6 is 0 Å². The molecule has 0 radical (unpaired) electrons. The van der Waals surface area contributed by atoms with E-state index in [0.29, 0.717) is 31.0 Å². The normalized spacial score (nSPS) is 26.2. The topological polar surface area (TPSA) is 80.6 Å². The van der Waals surface area contributed by atoms with Gasteiger partial charge in [0.25, 0.3) is 0 Å². The minimum absolute atomic E-state index is 0.149. The molecule has 3 saturated heterocycles. The lowest BCUT2D eigenvalue weighted by atomic mass is 9.87. The van der Waals surface area contributed by atoms with Crippen LogP contribution in [0.15, 0.2) is 36.4 Å². The molecule has 2 bridgehead atoms. The number of benzene rings is 2. The van der Waals surface area contributed by atoms with E-state index < -0.39 is 0 Å². The fourth-order valence-electron chi connectivity index (χ4n) is 7.52. The van der Waals surface area contributed by atoms with E-state index in [9.17, 15) is 5.26 Å². The van der Waals surface area contributed by atoms with E-state index in [0.717, 1.165) is 63.5 Å². The van der Waals surface area contributed by atoms with Gasteiger partial charge in [-0.3, -0.25) is 0 Å². The van der Waals surface area contributed by atoms with Gasteiger partial charge in [0.1, 0.15) is 12.4 Å². The molecule has 4 aliphatic rings. The number of nitriles is 1. The fraction of sp³-hybridized carbons (Fsp3) is 0.531. The highest BCUT2D eigenvalue weighted by Gasteiger charge is 2.43. The van der Waals surface area contributed by atoms with E-state index in [2.05, 4.69) is 76.5 Å². The molecule has 0 amide bonds. The second kappa shape index (κ2) is 10.5. The molecule has 7 rings (SSSR count). The van der Waals surface area contributed by atoms with Crippen LogP contribution in [0.5, 0.6) is 6.01 Å². The molecular weight excluding hydrogens is 498 g/mol. The number of likely N-dealkylation sites (tertiary alicyclic amines) is 1. The molecule has 0 saturated carbocycles. The van der Waals surface area contributed by atoms with Gasteiger partial charge in [-0.05, 0) is 69.1 Å². The highest BCUT2D eigenvalue weighted by molar-refractivity contribution is 5.97. The minimum Gasteiger partial charge on any atom is -0.462 e. The van der Waals surface area contributed by atoms with Crippen LogP contribution in [0.4, 0.5) is 11.5 Å². The largest absolute Gasteiger partial charge is 0.462 e. The van der Waals surface area contributed by atoms with Gasteiger partial charge in [-0.25, -0.2) is 0 Å². The second-order valence-electron chi connectivity index (χ2n) is 12.2. The number of fused-ring (bicyclic) bond motifs is 5. The molecule has 3 aromatic rings. The summed E-state index contributed by atoms with van der Waals surface area (Å²) in [5.41, 5.74) is 5.03. The lowest BCUT2D eigenvalue weighted by Crippen LogP contribution is -2.51. The number of ether oxygens (including phenoxy) is 1. The highest BCUT2D eigenvalue weighted by Crippen LogP contribution is 2.49. The van der Waals surface area contributed by atoms with Crippen molar-refractivity contribution in [2.24, 2.45) is 5.92 Å². The standard InChI is InChI=1S/C32H39N7O/c1-21-6-3-7-23-8-4-10-27(29(21)23)39-18-22-16-26-30(28(39)17-22)35-32(40-20-25-9-5-14-37(25)2)36-31(26)38-15-13-34-24(19-38)11-12-33/h3-4,6-8,10,22,24-25,28,34H,5,9,11,13-20H2,1-2H3/t22-,24?,25?,28-/m0/s1. The number of anilines is 2. The Labute approximate surface area is 236 Å². The van der Waals surface area contributed by atoms with Crippen molar-refractivity contribution in [2.75, 3.05) is 56.2 Å². The summed E-state index contributed by atoms with van der Waals surface area (Å²) in [5, 5.41) is 15.5. The molecule has 3 aliphatic heterocycles. The molecule has 2 aromatic carbocycles. The number of hydrogen-bond acceptors (Lipinski definition) is 8. The number of rotatable bonds is 6. The quantitative estimate of drug-likeness (QED) is 0.501. The average molecular weight is 538 g/mol. The summed E-state index contributed by atoms with van der Waals surface area (Å²) in [6, 6.07) is 16.9. The van der Waals surface area contributed by atoms with E-state index in [1.165, 1.54) is 34.0 Å². The maximum absolute atomic E-state index is 9.35. The first-order valence-electron chi connectivity index (χ1n) is 14.9. The van der Waals surface area contributed by atoms with Crippen molar-refractivity contribution in [3.63, 3.8) is 0 Å². The lowest BCUT2D eigenvalue weighted by Gasteiger charge is -2.36. The molecule has 2 unspecified atom stereocenters. The van der Waals surface area contributed by atoms with Gasteiger partial charge in [0.2, 0.25) is 0 Å². The van der Waals surface area contributed by atoms with Gasteiger partial charge < -0.3 is 24.8 Å². The third-order valence-corrected chi connectivity index (χ3v) is 9.56. The first-order valence-corrected chi connectivity index (χ1v) is 14.9. The van der Waals surface area contributed by atoms with Gasteiger partial charge in [0, 0.05) is 54.9 Å². The Bertz CT molecular complexity index is 1450. The van der Waals surface area contributed by atoms with Crippen molar-refractivity contribution >= 4 is 22.3 Å². The van der Waals surface area contributed by atoms with E-state index in [1.54, 1.807) is 0 Å². The Hall–Kier alpha value is -3.41. The van der Waals surface area contributed by atoms with Crippen LogP contribution in [0.25, 0.3) is 10.8 Å². The van der Waals surface area contributed by atoms with Crippen molar-refractivity contribution in [1.82, 2.24) is 20.2 Å². The fourth-order valence-corrected chi connectivity index (χ4v) is 7.52. The third kappa shape index (κ3) is 4.55. The smallest absolute Gasteiger partial charge is 0.318 e. The van der Waals surface area contributed by atoms with Crippen molar-refractivity contribution in [3.8, 4) is 12.1 Å². The lowest BCUT2D eigenvalue weighted by molar-refractivity contribution is 0.187. The van der Waals surface area contributed by atoms with E-state index in [1.807, 2.05) is 0 Å². The molecule has 1 aliphatic carbocycles. The van der Waals surface area contributed by atoms with E-state index in [4.69, 9.17) is 14.7 Å². The van der Waals surface area contributed by atoms with Crippen LogP contribution in [-0.4, -0.2) is 73.3 Å². The number of nitrogens with zero attached hydrogens (tertiary/aromatic N) is 6. The van der Waals surface area contributed by atoms with Gasteiger partial charge >= 0.3 is 6.01 Å². The van der Waals surface area contributed by atoms with E-state index >= 15 is 0 Å². The number of likely N-dealkylation sites (N-methyl/N-ethyl adjacent to an activating group) is 1. The number of aryl methyl sites for hydroxylation is 1. The van der Waals surface area contributed by atoms with Gasteiger partial charge in [-0.15, -0.1) is 0 Å². The van der Waals surface area contributed by atoms with Gasteiger partial charge in [0.15, 0.2) is 0 Å². The number of aromatic nitrogens is 2. The molecule has 208 valence electrons. The van der Waals surface area contributed by atoms with Crippen LogP contribution in [0, 0.1) is 24.2 Å². The van der Waals surface area contributed by atoms with Gasteiger partial charge in [0.05, 0.1) is 24.2 Å². The summed E-state index contributed by atoms with van der Waals surface area (Å²) >= 11 is 0. The number of hydrogen-bond donors (Lipinski definition) is 1. The predicted molar refractivity (Wildman–Crippen MR) is 158 cm³/mol. The first-order chi connectivity index (χ1) is 19.6. The predicted octanol–water partition coefficient (Wildman–Crippen LogP) is 4.23. The molecule has 8 heteroatoms. The molecule has 1 aromatic heterocycles. The molecular formula is C32H39N7O. The van der Waals surface area contributed by atoms with Crippen molar-refractivity contribution < 1.29 is 4.74 Å². The first kappa shape index (κ1) is 25.6. The number of nitrogens with one attached hydrogen (secondary N) is 1. The van der Waals surface area contributed by atoms with E-state index in [-0.39, 0.29) is 12.1 Å². The minimum atomic E-state index is 0.149. The van der Waals surface area contributed by atoms with Crippen LogP contribution in [0.3, 0.4) is 0 Å². The molecule has 40 heavy (non-hydrogen) atoms. The molecule has 4 atom stereocenters. The summed E-state index contributed by atoms with van der Waals surface area (Å²) in [6.45, 7) is 7.48. The Morgan fingerprint density at radius 3 is 2.83 bits per heavy atom. The zero-order valence-corrected chi connectivity index (χ0v) is 23.6. The summed E-state index contributed by atoms with van der Waals surface area (Å²) in [6.07, 6.45) is 4.96. The van der Waals surface area contributed by atoms with Crippen LogP contribution in [0.2, 0.25) is 0 Å². The van der Waals surface area contributed by atoms with Crippen LogP contribution in [0.1, 0.15) is 48.5 Å². The molecule has 1 N–H and O–H groups in total. The number of piperazine rings is 1. The summed E-state index contributed by atoms with van der Waals surface area (Å²) in [5.74, 6) is 1.59. The average Bonchev–Trinajstić information content (AvgIpc) is 3.54. The summed E-state index contributed by atoms with van der Waals surface area (Å²) in [4.78, 5) is 17.6. The van der Waals surface area contributed by atoms with Crippen LogP contribution in [-0.2, 0) is 6.42 Å². The third-order valence-electron chi connectivity index (χ3n) is 9.56. The highest BCUT2D eigenvalue weighted by atomic mass is 16.5.